The van der Waals surface area contributed by atoms with Gasteiger partial charge >= 0.3 is 6.61 Å². The zero-order valence-corrected chi connectivity index (χ0v) is 12.8. The highest BCUT2D eigenvalue weighted by molar-refractivity contribution is 5.79. The standard InChI is InChI=1S/C15H22F3N3O/c1-3-5-9-20-15(19-4-2)21-10-11-12(16)7-6-8-13(11)22-14(17)18/h6-8,14H,3-5,9-10H2,1-2H3,(H2,19,20,21). The van der Waals surface area contributed by atoms with Crippen LogP contribution in [0.15, 0.2) is 23.2 Å². The summed E-state index contributed by atoms with van der Waals surface area (Å²) in [4.78, 5) is 4.21. The summed E-state index contributed by atoms with van der Waals surface area (Å²) in [5.41, 5.74) is 0.00972. The third-order valence-electron chi connectivity index (χ3n) is 2.85. The molecular formula is C15H22F3N3O. The van der Waals surface area contributed by atoms with Crippen LogP contribution in [0.5, 0.6) is 5.75 Å². The molecule has 0 amide bonds. The predicted octanol–water partition coefficient (Wildman–Crippen LogP) is 3.28. The Morgan fingerprint density at radius 2 is 2.05 bits per heavy atom. The van der Waals surface area contributed by atoms with E-state index in [1.54, 1.807) is 0 Å². The van der Waals surface area contributed by atoms with E-state index in [-0.39, 0.29) is 17.9 Å². The average molecular weight is 317 g/mol. The normalized spacial score (nSPS) is 11.6. The van der Waals surface area contributed by atoms with E-state index in [4.69, 9.17) is 0 Å². The Bertz CT molecular complexity index is 481. The summed E-state index contributed by atoms with van der Waals surface area (Å²) in [5.74, 6) is -0.295. The van der Waals surface area contributed by atoms with Crippen molar-refractivity contribution in [3.63, 3.8) is 0 Å². The highest BCUT2D eigenvalue weighted by Crippen LogP contribution is 2.24. The van der Waals surface area contributed by atoms with Crippen molar-refractivity contribution in [2.45, 2.75) is 39.8 Å². The lowest BCUT2D eigenvalue weighted by atomic mass is 10.2. The molecule has 0 saturated carbocycles. The van der Waals surface area contributed by atoms with Gasteiger partial charge in [0.2, 0.25) is 0 Å². The first kappa shape index (κ1) is 18.1. The van der Waals surface area contributed by atoms with E-state index in [2.05, 4.69) is 27.3 Å². The molecule has 1 aromatic rings. The molecule has 0 fully saturated rings. The zero-order valence-electron chi connectivity index (χ0n) is 12.8. The van der Waals surface area contributed by atoms with Gasteiger partial charge in [-0.2, -0.15) is 8.78 Å². The summed E-state index contributed by atoms with van der Waals surface area (Å²) in [7, 11) is 0. The Morgan fingerprint density at radius 3 is 2.68 bits per heavy atom. The van der Waals surface area contributed by atoms with Crippen LogP contribution in [0, 0.1) is 5.82 Å². The number of aliphatic imine (C=N–C) groups is 1. The minimum Gasteiger partial charge on any atom is -0.434 e. The number of alkyl halides is 2. The van der Waals surface area contributed by atoms with E-state index in [1.165, 1.54) is 18.2 Å². The summed E-state index contributed by atoms with van der Waals surface area (Å²) in [5, 5.41) is 6.12. The van der Waals surface area contributed by atoms with Gasteiger partial charge in [0, 0.05) is 13.1 Å². The van der Waals surface area contributed by atoms with Gasteiger partial charge in [-0.3, -0.25) is 0 Å². The molecule has 7 heteroatoms. The minimum absolute atomic E-state index is 0.00972. The van der Waals surface area contributed by atoms with Crippen LogP contribution in [0.2, 0.25) is 0 Å². The molecule has 2 N–H and O–H groups in total. The van der Waals surface area contributed by atoms with E-state index in [9.17, 15) is 13.2 Å². The Morgan fingerprint density at radius 1 is 1.27 bits per heavy atom. The molecule has 4 nitrogen and oxygen atoms in total. The fourth-order valence-electron chi connectivity index (χ4n) is 1.78. The van der Waals surface area contributed by atoms with Gasteiger partial charge in [0.1, 0.15) is 11.6 Å². The molecule has 1 aromatic carbocycles. The van der Waals surface area contributed by atoms with Crippen LogP contribution in [0.4, 0.5) is 13.2 Å². The molecule has 0 heterocycles. The molecule has 0 aromatic heterocycles. The van der Waals surface area contributed by atoms with Gasteiger partial charge in [0.05, 0.1) is 12.1 Å². The van der Waals surface area contributed by atoms with Gasteiger partial charge in [0.15, 0.2) is 5.96 Å². The summed E-state index contributed by atoms with van der Waals surface area (Å²) in [6, 6.07) is 3.82. The van der Waals surface area contributed by atoms with Crippen LogP contribution in [0.3, 0.4) is 0 Å². The second-order valence-electron chi connectivity index (χ2n) is 4.57. The third kappa shape index (κ3) is 6.24. The lowest BCUT2D eigenvalue weighted by Crippen LogP contribution is -2.37. The Balaban J connectivity index is 2.83. The van der Waals surface area contributed by atoms with Gasteiger partial charge in [-0.1, -0.05) is 19.4 Å². The topological polar surface area (TPSA) is 45.7 Å². The maximum absolute atomic E-state index is 13.8. The lowest BCUT2D eigenvalue weighted by Gasteiger charge is -2.13. The molecule has 0 saturated heterocycles. The Hall–Kier alpha value is -1.92. The summed E-state index contributed by atoms with van der Waals surface area (Å²) in [6.07, 6.45) is 2.01. The Labute approximate surface area is 128 Å². The van der Waals surface area contributed by atoms with E-state index < -0.39 is 12.4 Å². The van der Waals surface area contributed by atoms with Gasteiger partial charge in [-0.25, -0.2) is 9.38 Å². The largest absolute Gasteiger partial charge is 0.434 e. The highest BCUT2D eigenvalue weighted by Gasteiger charge is 2.13. The number of nitrogens with one attached hydrogen (secondary N) is 2. The monoisotopic (exact) mass is 317 g/mol. The lowest BCUT2D eigenvalue weighted by molar-refractivity contribution is -0.0506. The SMILES string of the molecule is CCCCNC(=NCc1c(F)cccc1OC(F)F)NCC. The first-order chi connectivity index (χ1) is 10.6. The molecule has 0 aliphatic rings. The van der Waals surface area contributed by atoms with E-state index >= 15 is 0 Å². The number of hydrogen-bond acceptors (Lipinski definition) is 2. The minimum atomic E-state index is -3.00. The number of hydrogen-bond donors (Lipinski definition) is 2. The van der Waals surface area contributed by atoms with Gasteiger partial charge in [0.25, 0.3) is 0 Å². The number of halogens is 3. The zero-order chi connectivity index (χ0) is 16.4. The molecule has 0 aliphatic carbocycles. The Kier molecular flexibility index (Phi) is 8.17. The van der Waals surface area contributed by atoms with Crippen LogP contribution < -0.4 is 15.4 Å². The van der Waals surface area contributed by atoms with Crippen LogP contribution in [0.1, 0.15) is 32.3 Å². The second-order valence-corrected chi connectivity index (χ2v) is 4.57. The van der Waals surface area contributed by atoms with Crippen molar-refractivity contribution < 1.29 is 17.9 Å². The number of rotatable bonds is 8. The third-order valence-corrected chi connectivity index (χ3v) is 2.85. The molecule has 1 rings (SSSR count). The molecule has 0 radical (unpaired) electrons. The van der Waals surface area contributed by atoms with Crippen molar-refractivity contribution in [3.05, 3.63) is 29.6 Å². The maximum atomic E-state index is 13.8. The molecule has 0 unspecified atom stereocenters. The van der Waals surface area contributed by atoms with E-state index in [0.717, 1.165) is 19.4 Å². The quantitative estimate of drug-likeness (QED) is 0.439. The first-order valence-corrected chi connectivity index (χ1v) is 7.32. The van der Waals surface area contributed by atoms with Crippen molar-refractivity contribution in [1.29, 1.82) is 0 Å². The van der Waals surface area contributed by atoms with Crippen molar-refractivity contribution in [2.24, 2.45) is 4.99 Å². The molecule has 0 atom stereocenters. The molecule has 22 heavy (non-hydrogen) atoms. The van der Waals surface area contributed by atoms with Gasteiger partial charge in [-0.15, -0.1) is 0 Å². The summed E-state index contributed by atoms with van der Waals surface area (Å²) >= 11 is 0. The predicted molar refractivity (Wildman–Crippen MR) is 80.8 cm³/mol. The number of unbranched alkanes of at least 4 members (excludes halogenated alkanes) is 1. The summed E-state index contributed by atoms with van der Waals surface area (Å²) in [6.45, 7) is 2.27. The number of guanidine groups is 1. The van der Waals surface area contributed by atoms with E-state index in [1.807, 2.05) is 6.92 Å². The van der Waals surface area contributed by atoms with Crippen molar-refractivity contribution in [3.8, 4) is 5.75 Å². The van der Waals surface area contributed by atoms with Crippen LogP contribution in [0.25, 0.3) is 0 Å². The molecule has 0 aliphatic heterocycles. The van der Waals surface area contributed by atoms with Gasteiger partial charge < -0.3 is 15.4 Å². The van der Waals surface area contributed by atoms with Crippen LogP contribution >= 0.6 is 0 Å². The van der Waals surface area contributed by atoms with Gasteiger partial charge in [-0.05, 0) is 25.5 Å². The van der Waals surface area contributed by atoms with Crippen molar-refractivity contribution in [2.75, 3.05) is 13.1 Å². The highest BCUT2D eigenvalue weighted by atomic mass is 19.3. The second kappa shape index (κ2) is 9.92. The van der Waals surface area contributed by atoms with Crippen molar-refractivity contribution in [1.82, 2.24) is 10.6 Å². The number of benzene rings is 1. The number of nitrogens with zero attached hydrogens (tertiary/aromatic N) is 1. The van der Waals surface area contributed by atoms with Crippen molar-refractivity contribution >= 4 is 5.96 Å². The summed E-state index contributed by atoms with van der Waals surface area (Å²) < 4.78 is 42.8. The average Bonchev–Trinajstić information content (AvgIpc) is 2.46. The molecular weight excluding hydrogens is 295 g/mol. The molecule has 124 valence electrons. The maximum Gasteiger partial charge on any atom is 0.387 e. The first-order valence-electron chi connectivity index (χ1n) is 7.32. The fourth-order valence-corrected chi connectivity index (χ4v) is 1.78. The van der Waals surface area contributed by atoms with Crippen LogP contribution in [-0.2, 0) is 6.54 Å². The van der Waals surface area contributed by atoms with Crippen LogP contribution in [-0.4, -0.2) is 25.7 Å². The van der Waals surface area contributed by atoms with E-state index in [0.29, 0.717) is 12.5 Å². The molecule has 0 bridgehead atoms. The smallest absolute Gasteiger partial charge is 0.387 e. The molecule has 0 spiro atoms. The number of ether oxygens (including phenoxy) is 1. The fraction of sp³-hybridized carbons (Fsp3) is 0.533.